The van der Waals surface area contributed by atoms with Crippen LogP contribution in [0.4, 0.5) is 16.2 Å². The number of aromatic nitrogens is 1. The van der Waals surface area contributed by atoms with E-state index in [4.69, 9.17) is 0 Å². The van der Waals surface area contributed by atoms with Gasteiger partial charge in [0.2, 0.25) is 5.91 Å². The van der Waals surface area contributed by atoms with Gasteiger partial charge in [-0.1, -0.05) is 6.07 Å². The lowest BCUT2D eigenvalue weighted by Crippen LogP contribution is -2.50. The normalized spacial score (nSPS) is 14.3. The zero-order valence-corrected chi connectivity index (χ0v) is 12.2. The highest BCUT2D eigenvalue weighted by molar-refractivity contribution is 6.16. The minimum Gasteiger partial charge on any atom is -0.337 e. The fourth-order valence-electron chi connectivity index (χ4n) is 2.27. The van der Waals surface area contributed by atoms with Gasteiger partial charge in [0.1, 0.15) is 0 Å². The second-order valence-electron chi connectivity index (χ2n) is 4.95. The zero-order chi connectivity index (χ0) is 16.2. The van der Waals surface area contributed by atoms with E-state index >= 15 is 0 Å². The number of amides is 4. The number of urea groups is 1. The van der Waals surface area contributed by atoms with E-state index in [2.05, 4.69) is 15.6 Å². The monoisotopic (exact) mass is 310 g/mol. The number of anilines is 2. The SMILES string of the molecule is O=C(Nc1cccc(N2C(=O)CCNC2=O)c1)c1ccncc1. The molecule has 0 atom stereocenters. The molecule has 7 heteroatoms. The topological polar surface area (TPSA) is 91.4 Å². The van der Waals surface area contributed by atoms with Gasteiger partial charge in [0.05, 0.1) is 5.69 Å². The average Bonchev–Trinajstić information content (AvgIpc) is 2.56. The van der Waals surface area contributed by atoms with Crippen LogP contribution in [0.2, 0.25) is 0 Å². The Morgan fingerprint density at radius 2 is 1.96 bits per heavy atom. The molecular formula is C16H14N4O3. The molecule has 0 bridgehead atoms. The van der Waals surface area contributed by atoms with Crippen LogP contribution in [-0.4, -0.2) is 29.4 Å². The van der Waals surface area contributed by atoms with E-state index in [-0.39, 0.29) is 18.2 Å². The summed E-state index contributed by atoms with van der Waals surface area (Å²) in [6.45, 7) is 0.340. The summed E-state index contributed by atoms with van der Waals surface area (Å²) in [5, 5.41) is 5.35. The van der Waals surface area contributed by atoms with Crippen molar-refractivity contribution in [2.24, 2.45) is 0 Å². The van der Waals surface area contributed by atoms with E-state index in [0.29, 0.717) is 23.5 Å². The molecule has 1 aromatic heterocycles. The van der Waals surface area contributed by atoms with Crippen LogP contribution < -0.4 is 15.5 Å². The number of hydrogen-bond donors (Lipinski definition) is 2. The number of hydrogen-bond acceptors (Lipinski definition) is 4. The van der Waals surface area contributed by atoms with E-state index in [0.717, 1.165) is 4.90 Å². The summed E-state index contributed by atoms with van der Waals surface area (Å²) in [5.41, 5.74) is 1.38. The Balaban J connectivity index is 1.81. The Bertz CT molecular complexity index is 745. The summed E-state index contributed by atoms with van der Waals surface area (Å²) in [5.74, 6) is -0.565. The van der Waals surface area contributed by atoms with Gasteiger partial charge < -0.3 is 10.6 Å². The molecule has 116 valence electrons. The van der Waals surface area contributed by atoms with E-state index in [1.54, 1.807) is 36.4 Å². The van der Waals surface area contributed by atoms with Crippen molar-refractivity contribution in [1.82, 2.24) is 10.3 Å². The van der Waals surface area contributed by atoms with E-state index in [1.165, 1.54) is 12.4 Å². The molecule has 0 unspecified atom stereocenters. The Morgan fingerprint density at radius 3 is 2.70 bits per heavy atom. The average molecular weight is 310 g/mol. The lowest BCUT2D eigenvalue weighted by atomic mass is 10.2. The maximum absolute atomic E-state index is 12.1. The third-order valence-electron chi connectivity index (χ3n) is 3.37. The smallest absolute Gasteiger partial charge is 0.328 e. The van der Waals surface area contributed by atoms with Crippen LogP contribution in [0.25, 0.3) is 0 Å². The summed E-state index contributed by atoms with van der Waals surface area (Å²) < 4.78 is 0. The van der Waals surface area contributed by atoms with E-state index in [1.807, 2.05) is 0 Å². The molecule has 1 aliphatic heterocycles. The van der Waals surface area contributed by atoms with Crippen LogP contribution in [0.15, 0.2) is 48.8 Å². The molecular weight excluding hydrogens is 296 g/mol. The molecule has 2 aromatic rings. The third-order valence-corrected chi connectivity index (χ3v) is 3.37. The predicted octanol–water partition coefficient (Wildman–Crippen LogP) is 1.78. The first-order chi connectivity index (χ1) is 11.1. The van der Waals surface area contributed by atoms with Crippen molar-refractivity contribution < 1.29 is 14.4 Å². The molecule has 2 heterocycles. The second kappa shape index (κ2) is 6.27. The minimum atomic E-state index is -0.459. The number of carbonyl (C=O) groups is 3. The van der Waals surface area contributed by atoms with E-state index in [9.17, 15) is 14.4 Å². The first kappa shape index (κ1) is 14.7. The number of imide groups is 1. The van der Waals surface area contributed by atoms with Gasteiger partial charge in [-0.25, -0.2) is 9.69 Å². The number of nitrogens with one attached hydrogen (secondary N) is 2. The van der Waals surface area contributed by atoms with E-state index < -0.39 is 6.03 Å². The Hall–Kier alpha value is -3.22. The van der Waals surface area contributed by atoms with Crippen molar-refractivity contribution in [3.05, 3.63) is 54.4 Å². The summed E-state index contributed by atoms with van der Waals surface area (Å²) in [4.78, 5) is 40.9. The minimum absolute atomic E-state index is 0.249. The van der Waals surface area contributed by atoms with Gasteiger partial charge in [-0.15, -0.1) is 0 Å². The standard InChI is InChI=1S/C16H14N4O3/c21-14-6-9-18-16(23)20(14)13-3-1-2-12(10-13)19-15(22)11-4-7-17-8-5-11/h1-5,7-8,10H,6,9H2,(H,18,23)(H,19,22). The Morgan fingerprint density at radius 1 is 1.17 bits per heavy atom. The highest BCUT2D eigenvalue weighted by Crippen LogP contribution is 2.22. The molecule has 0 radical (unpaired) electrons. The van der Waals surface area contributed by atoms with Crippen molar-refractivity contribution in [1.29, 1.82) is 0 Å². The molecule has 7 nitrogen and oxygen atoms in total. The molecule has 0 spiro atoms. The van der Waals surface area contributed by atoms with Gasteiger partial charge >= 0.3 is 6.03 Å². The molecule has 0 aliphatic carbocycles. The Kier molecular flexibility index (Phi) is 4.01. The Labute approximate surface area is 132 Å². The lowest BCUT2D eigenvalue weighted by molar-refractivity contribution is -0.118. The fourth-order valence-corrected chi connectivity index (χ4v) is 2.27. The summed E-state index contributed by atoms with van der Waals surface area (Å²) in [6.07, 6.45) is 3.31. The van der Waals surface area contributed by atoms with Crippen molar-refractivity contribution in [3.63, 3.8) is 0 Å². The van der Waals surface area contributed by atoms with Gasteiger partial charge in [0.15, 0.2) is 0 Å². The van der Waals surface area contributed by atoms with Crippen molar-refractivity contribution in [3.8, 4) is 0 Å². The number of benzene rings is 1. The van der Waals surface area contributed by atoms with Crippen LogP contribution in [-0.2, 0) is 4.79 Å². The molecule has 0 saturated carbocycles. The largest absolute Gasteiger partial charge is 0.337 e. The van der Waals surface area contributed by atoms with Crippen LogP contribution in [0, 0.1) is 0 Å². The van der Waals surface area contributed by atoms with Gasteiger partial charge in [0, 0.05) is 36.6 Å². The van der Waals surface area contributed by atoms with Gasteiger partial charge in [-0.3, -0.25) is 14.6 Å². The lowest BCUT2D eigenvalue weighted by Gasteiger charge is -2.25. The number of nitrogens with zero attached hydrogens (tertiary/aromatic N) is 2. The van der Waals surface area contributed by atoms with Gasteiger partial charge in [-0.2, -0.15) is 0 Å². The molecule has 2 N–H and O–H groups in total. The fraction of sp³-hybridized carbons (Fsp3) is 0.125. The molecule has 4 amide bonds. The van der Waals surface area contributed by atoms with Crippen molar-refractivity contribution in [2.45, 2.75) is 6.42 Å². The third kappa shape index (κ3) is 3.18. The number of rotatable bonds is 3. The maximum atomic E-state index is 12.1. The molecule has 23 heavy (non-hydrogen) atoms. The summed E-state index contributed by atoms with van der Waals surface area (Å²) in [7, 11) is 0. The maximum Gasteiger partial charge on any atom is 0.328 e. The zero-order valence-electron chi connectivity index (χ0n) is 12.2. The summed E-state index contributed by atoms with van der Waals surface area (Å²) >= 11 is 0. The number of carbonyl (C=O) groups excluding carboxylic acids is 3. The van der Waals surface area contributed by atoms with Crippen LogP contribution in [0.1, 0.15) is 16.8 Å². The first-order valence-corrected chi connectivity index (χ1v) is 7.07. The summed E-state index contributed by atoms with van der Waals surface area (Å²) in [6, 6.07) is 9.33. The quantitative estimate of drug-likeness (QED) is 0.904. The van der Waals surface area contributed by atoms with Gasteiger partial charge in [0.25, 0.3) is 5.91 Å². The van der Waals surface area contributed by atoms with Gasteiger partial charge in [-0.05, 0) is 30.3 Å². The molecule has 3 rings (SSSR count). The molecule has 1 saturated heterocycles. The van der Waals surface area contributed by atoms with Crippen LogP contribution in [0.5, 0.6) is 0 Å². The highest BCUT2D eigenvalue weighted by Gasteiger charge is 2.27. The van der Waals surface area contributed by atoms with Crippen LogP contribution in [0.3, 0.4) is 0 Å². The van der Waals surface area contributed by atoms with Crippen molar-refractivity contribution in [2.75, 3.05) is 16.8 Å². The number of pyridine rings is 1. The molecule has 1 aromatic carbocycles. The first-order valence-electron chi connectivity index (χ1n) is 7.07. The second-order valence-corrected chi connectivity index (χ2v) is 4.95. The molecule has 1 aliphatic rings. The highest BCUT2D eigenvalue weighted by atomic mass is 16.2. The predicted molar refractivity (Wildman–Crippen MR) is 84.1 cm³/mol. The van der Waals surface area contributed by atoms with Crippen LogP contribution >= 0.6 is 0 Å². The molecule has 1 fully saturated rings. The van der Waals surface area contributed by atoms with Crippen molar-refractivity contribution >= 4 is 29.2 Å².